The Balaban J connectivity index is 2.07. The smallest absolute Gasteiger partial charge is 0.341 e. The number of rotatable bonds is 10. The lowest BCUT2D eigenvalue weighted by Crippen LogP contribution is -2.22. The highest BCUT2D eigenvalue weighted by Gasteiger charge is 2.26. The molecule has 3 N–H and O–H groups in total. The van der Waals surface area contributed by atoms with E-state index in [4.69, 9.17) is 19.9 Å². The van der Waals surface area contributed by atoms with Gasteiger partial charge in [0.1, 0.15) is 11.6 Å². The van der Waals surface area contributed by atoms with Crippen LogP contribution in [0.25, 0.3) is 0 Å². The molecule has 0 saturated carbocycles. The Bertz CT molecular complexity index is 996. The molecule has 2 aromatic rings. The van der Waals surface area contributed by atoms with Crippen molar-refractivity contribution in [2.45, 2.75) is 26.7 Å². The van der Waals surface area contributed by atoms with Crippen LogP contribution in [-0.2, 0) is 19.0 Å². The van der Waals surface area contributed by atoms with Gasteiger partial charge in [-0.15, -0.1) is 11.3 Å². The highest BCUT2D eigenvalue weighted by atomic mass is 32.1. The first-order chi connectivity index (χ1) is 15.1. The number of benzene rings is 1. The number of carbonyl (C=O) groups excluding carboxylic acids is 4. The van der Waals surface area contributed by atoms with Crippen LogP contribution in [0.1, 0.15) is 61.3 Å². The molecule has 2 amide bonds. The van der Waals surface area contributed by atoms with Crippen LogP contribution in [0.4, 0.5) is 5.00 Å². The summed E-state index contributed by atoms with van der Waals surface area (Å²) in [6.45, 7) is 5.21. The first kappa shape index (κ1) is 25.0. The number of ether oxygens (including phenoxy) is 3. The molecule has 2 rings (SSSR count). The number of primary amides is 1. The Morgan fingerprint density at radius 1 is 1.03 bits per heavy atom. The predicted molar refractivity (Wildman–Crippen MR) is 119 cm³/mol. The molecule has 1 aromatic heterocycles. The number of nitrogens with two attached hydrogens (primary N) is 1. The van der Waals surface area contributed by atoms with Gasteiger partial charge in [0.15, 0.2) is 6.61 Å². The summed E-state index contributed by atoms with van der Waals surface area (Å²) < 4.78 is 15.0. The molecule has 0 saturated heterocycles. The number of thiophene rings is 1. The molecule has 0 spiro atoms. The molecular formula is C22H26N2O7S. The fourth-order valence-corrected chi connectivity index (χ4v) is 3.82. The van der Waals surface area contributed by atoms with E-state index >= 15 is 0 Å². The highest BCUT2D eigenvalue weighted by Crippen LogP contribution is 2.33. The van der Waals surface area contributed by atoms with Crippen LogP contribution < -0.4 is 11.1 Å². The molecule has 0 radical (unpaired) electrons. The normalized spacial score (nSPS) is 10.7. The summed E-state index contributed by atoms with van der Waals surface area (Å²) in [4.78, 5) is 48.8. The standard InChI is InChI=1S/C22H26N2O7S/c1-12(2)14-5-7-15(8-6-14)21(27)31-11-16(25)24-20-17(22(28)30-10-9-29-4)13(3)18(32-20)19(23)26/h5-8,12H,9-11H2,1-4H3,(H2,23,26)(H,24,25). The van der Waals surface area contributed by atoms with Crippen molar-refractivity contribution >= 4 is 40.1 Å². The number of esters is 2. The fraction of sp³-hybridized carbons (Fsp3) is 0.364. The number of hydrogen-bond acceptors (Lipinski definition) is 8. The quantitative estimate of drug-likeness (QED) is 0.409. The number of methoxy groups -OCH3 is 1. The maximum Gasteiger partial charge on any atom is 0.341 e. The van der Waals surface area contributed by atoms with E-state index in [0.29, 0.717) is 17.0 Å². The van der Waals surface area contributed by atoms with Crippen molar-refractivity contribution in [3.8, 4) is 0 Å². The van der Waals surface area contributed by atoms with E-state index in [1.54, 1.807) is 12.1 Å². The van der Waals surface area contributed by atoms with E-state index < -0.39 is 30.4 Å². The van der Waals surface area contributed by atoms with E-state index in [0.717, 1.165) is 16.9 Å². The molecule has 32 heavy (non-hydrogen) atoms. The van der Waals surface area contributed by atoms with E-state index in [1.807, 2.05) is 26.0 Å². The van der Waals surface area contributed by atoms with Gasteiger partial charge in [-0.05, 0) is 36.1 Å². The second kappa shape index (κ2) is 11.4. The summed E-state index contributed by atoms with van der Waals surface area (Å²) in [5.41, 5.74) is 7.05. The van der Waals surface area contributed by atoms with Crippen molar-refractivity contribution in [2.75, 3.05) is 32.2 Å². The number of amides is 2. The van der Waals surface area contributed by atoms with E-state index in [2.05, 4.69) is 5.32 Å². The topological polar surface area (TPSA) is 134 Å². The number of carbonyl (C=O) groups is 4. The molecule has 10 heteroatoms. The third kappa shape index (κ3) is 6.38. The SMILES string of the molecule is COCCOC(=O)c1c(NC(=O)COC(=O)c2ccc(C(C)C)cc2)sc(C(N)=O)c1C. The van der Waals surface area contributed by atoms with Crippen LogP contribution in [0, 0.1) is 6.92 Å². The summed E-state index contributed by atoms with van der Waals surface area (Å²) in [7, 11) is 1.46. The van der Waals surface area contributed by atoms with Crippen molar-refractivity contribution in [1.29, 1.82) is 0 Å². The summed E-state index contributed by atoms with van der Waals surface area (Å²) in [5, 5.41) is 2.58. The van der Waals surface area contributed by atoms with Crippen molar-refractivity contribution < 1.29 is 33.4 Å². The Morgan fingerprint density at radius 3 is 2.25 bits per heavy atom. The molecular weight excluding hydrogens is 436 g/mol. The summed E-state index contributed by atoms with van der Waals surface area (Å²) >= 11 is 0.846. The summed E-state index contributed by atoms with van der Waals surface area (Å²) in [5.74, 6) is -2.49. The monoisotopic (exact) mass is 462 g/mol. The van der Waals surface area contributed by atoms with Gasteiger partial charge in [-0.2, -0.15) is 0 Å². The van der Waals surface area contributed by atoms with Crippen molar-refractivity contribution in [1.82, 2.24) is 0 Å². The fourth-order valence-electron chi connectivity index (χ4n) is 2.75. The first-order valence-electron chi connectivity index (χ1n) is 9.81. The number of anilines is 1. The Morgan fingerprint density at radius 2 is 1.69 bits per heavy atom. The van der Waals surface area contributed by atoms with Gasteiger partial charge in [0.2, 0.25) is 0 Å². The van der Waals surface area contributed by atoms with Crippen molar-refractivity contribution in [3.63, 3.8) is 0 Å². The number of hydrogen-bond donors (Lipinski definition) is 2. The lowest BCUT2D eigenvalue weighted by Gasteiger charge is -2.09. The zero-order chi connectivity index (χ0) is 23.8. The van der Waals surface area contributed by atoms with Gasteiger partial charge >= 0.3 is 11.9 Å². The van der Waals surface area contributed by atoms with Crippen LogP contribution in [0.15, 0.2) is 24.3 Å². The average Bonchev–Trinajstić information content (AvgIpc) is 3.08. The zero-order valence-corrected chi connectivity index (χ0v) is 19.2. The van der Waals surface area contributed by atoms with Gasteiger partial charge in [0.25, 0.3) is 11.8 Å². The zero-order valence-electron chi connectivity index (χ0n) is 18.4. The highest BCUT2D eigenvalue weighted by molar-refractivity contribution is 7.18. The largest absolute Gasteiger partial charge is 0.460 e. The van der Waals surface area contributed by atoms with Crippen molar-refractivity contribution in [2.24, 2.45) is 5.73 Å². The molecule has 9 nitrogen and oxygen atoms in total. The van der Waals surface area contributed by atoms with Crippen LogP contribution in [0.3, 0.4) is 0 Å². The van der Waals surface area contributed by atoms with E-state index in [1.165, 1.54) is 14.0 Å². The van der Waals surface area contributed by atoms with E-state index in [-0.39, 0.29) is 28.7 Å². The first-order valence-corrected chi connectivity index (χ1v) is 10.6. The van der Waals surface area contributed by atoms with E-state index in [9.17, 15) is 19.2 Å². The third-order valence-corrected chi connectivity index (χ3v) is 5.72. The van der Waals surface area contributed by atoms with Crippen LogP contribution in [0.2, 0.25) is 0 Å². The van der Waals surface area contributed by atoms with Gasteiger partial charge in [0, 0.05) is 7.11 Å². The van der Waals surface area contributed by atoms with Crippen LogP contribution >= 0.6 is 11.3 Å². The molecule has 1 heterocycles. The maximum atomic E-state index is 12.4. The molecule has 0 atom stereocenters. The van der Waals surface area contributed by atoms with Gasteiger partial charge in [-0.3, -0.25) is 9.59 Å². The van der Waals surface area contributed by atoms with Crippen molar-refractivity contribution in [3.05, 3.63) is 51.4 Å². The van der Waals surface area contributed by atoms with Gasteiger partial charge in [0.05, 0.1) is 22.6 Å². The maximum absolute atomic E-state index is 12.4. The predicted octanol–water partition coefficient (Wildman–Crippen LogP) is 2.88. The molecule has 0 bridgehead atoms. The Hall–Kier alpha value is -3.24. The average molecular weight is 463 g/mol. The Labute approximate surface area is 189 Å². The molecule has 0 aliphatic rings. The lowest BCUT2D eigenvalue weighted by atomic mass is 10.0. The van der Waals surface area contributed by atoms with Gasteiger partial charge in [-0.1, -0.05) is 26.0 Å². The molecule has 0 fully saturated rings. The second-order valence-corrected chi connectivity index (χ2v) is 8.17. The minimum Gasteiger partial charge on any atom is -0.460 e. The summed E-state index contributed by atoms with van der Waals surface area (Å²) in [6.07, 6.45) is 0. The molecule has 1 aromatic carbocycles. The number of nitrogens with one attached hydrogen (secondary N) is 1. The molecule has 0 unspecified atom stereocenters. The lowest BCUT2D eigenvalue weighted by molar-refractivity contribution is -0.119. The third-order valence-electron chi connectivity index (χ3n) is 4.50. The minimum atomic E-state index is -0.741. The summed E-state index contributed by atoms with van der Waals surface area (Å²) in [6, 6.07) is 6.90. The molecule has 0 aliphatic heterocycles. The van der Waals surface area contributed by atoms with Crippen LogP contribution in [-0.4, -0.2) is 50.7 Å². The minimum absolute atomic E-state index is 0.00285. The molecule has 172 valence electrons. The van der Waals surface area contributed by atoms with Gasteiger partial charge < -0.3 is 25.3 Å². The molecule has 0 aliphatic carbocycles. The van der Waals surface area contributed by atoms with Crippen LogP contribution in [0.5, 0.6) is 0 Å². The second-order valence-electron chi connectivity index (χ2n) is 7.15. The Kier molecular flexibility index (Phi) is 8.91. The van der Waals surface area contributed by atoms with Gasteiger partial charge in [-0.25, -0.2) is 9.59 Å².